The number of thiophene rings is 1. The summed E-state index contributed by atoms with van der Waals surface area (Å²) in [6.45, 7) is 5.36. The molecule has 0 atom stereocenters. The van der Waals surface area contributed by atoms with Crippen LogP contribution in [0.2, 0.25) is 0 Å². The highest BCUT2D eigenvalue weighted by Crippen LogP contribution is 2.33. The first-order valence-electron chi connectivity index (χ1n) is 7.42. The molecule has 3 N–H and O–H groups in total. The van der Waals surface area contributed by atoms with Gasteiger partial charge in [-0.1, -0.05) is 25.1 Å². The number of hydrogen-bond donors (Lipinski definition) is 2. The van der Waals surface area contributed by atoms with Crippen molar-refractivity contribution in [1.82, 2.24) is 10.3 Å². The fourth-order valence-electron chi connectivity index (χ4n) is 2.95. The lowest BCUT2D eigenvalue weighted by molar-refractivity contribution is 0.0955. The maximum absolute atomic E-state index is 12.1. The second-order valence-electron chi connectivity index (χ2n) is 5.84. The zero-order valence-corrected chi connectivity index (χ0v) is 13.1. The molecule has 21 heavy (non-hydrogen) atoms. The Balaban J connectivity index is 1.93. The topological polar surface area (TPSA) is 58.4 Å². The average Bonchev–Trinajstić information content (AvgIpc) is 2.88. The Hall–Kier alpha value is -1.43. The highest BCUT2D eigenvalue weighted by atomic mass is 32.1. The normalized spacial score (nSPS) is 17.2. The van der Waals surface area contributed by atoms with Gasteiger partial charge in [0.15, 0.2) is 0 Å². The van der Waals surface area contributed by atoms with Crippen LogP contribution in [0.15, 0.2) is 24.3 Å². The number of amides is 1. The van der Waals surface area contributed by atoms with Crippen molar-refractivity contribution in [1.29, 1.82) is 0 Å². The highest BCUT2D eigenvalue weighted by molar-refractivity contribution is 7.21. The summed E-state index contributed by atoms with van der Waals surface area (Å²) in [6, 6.07) is 8.20. The van der Waals surface area contributed by atoms with E-state index in [9.17, 15) is 4.79 Å². The Kier molecular flexibility index (Phi) is 4.24. The third kappa shape index (κ3) is 2.95. The predicted molar refractivity (Wildman–Crippen MR) is 87.2 cm³/mol. The standard InChI is InChI=1S/C16H21N3OS/c1-11-6-8-19(9-7-11)10-13-12-4-2-3-5-14(12)21-15(13)16(20)18-17/h2-5,11H,6-10,17H2,1H3,(H,18,20). The van der Waals surface area contributed by atoms with Crippen molar-refractivity contribution >= 4 is 27.3 Å². The van der Waals surface area contributed by atoms with E-state index in [1.807, 2.05) is 12.1 Å². The van der Waals surface area contributed by atoms with Crippen LogP contribution in [0.4, 0.5) is 0 Å². The molecule has 2 aromatic rings. The van der Waals surface area contributed by atoms with Gasteiger partial charge in [-0.05, 0) is 48.9 Å². The smallest absolute Gasteiger partial charge is 0.275 e. The van der Waals surface area contributed by atoms with E-state index >= 15 is 0 Å². The Morgan fingerprint density at radius 3 is 2.81 bits per heavy atom. The summed E-state index contributed by atoms with van der Waals surface area (Å²) in [4.78, 5) is 15.2. The lowest BCUT2D eigenvalue weighted by Gasteiger charge is -2.30. The van der Waals surface area contributed by atoms with Crippen LogP contribution in [-0.4, -0.2) is 23.9 Å². The van der Waals surface area contributed by atoms with Gasteiger partial charge in [0.1, 0.15) is 0 Å². The van der Waals surface area contributed by atoms with Crippen LogP contribution in [0.25, 0.3) is 10.1 Å². The molecular weight excluding hydrogens is 282 g/mol. The highest BCUT2D eigenvalue weighted by Gasteiger charge is 2.22. The first-order valence-corrected chi connectivity index (χ1v) is 8.24. The molecule has 0 unspecified atom stereocenters. The predicted octanol–water partition coefficient (Wildman–Crippen LogP) is 2.74. The van der Waals surface area contributed by atoms with Gasteiger partial charge in [-0.3, -0.25) is 15.1 Å². The van der Waals surface area contributed by atoms with Crippen molar-refractivity contribution in [3.63, 3.8) is 0 Å². The van der Waals surface area contributed by atoms with Gasteiger partial charge < -0.3 is 0 Å². The molecule has 5 heteroatoms. The monoisotopic (exact) mass is 303 g/mol. The van der Waals surface area contributed by atoms with E-state index in [-0.39, 0.29) is 5.91 Å². The van der Waals surface area contributed by atoms with Crippen molar-refractivity contribution in [2.75, 3.05) is 13.1 Å². The summed E-state index contributed by atoms with van der Waals surface area (Å²) in [7, 11) is 0. The number of rotatable bonds is 3. The van der Waals surface area contributed by atoms with E-state index in [0.29, 0.717) is 0 Å². The Morgan fingerprint density at radius 1 is 1.38 bits per heavy atom. The SMILES string of the molecule is CC1CCN(Cc2c(C(=O)NN)sc3ccccc23)CC1. The minimum Gasteiger partial charge on any atom is -0.299 e. The van der Waals surface area contributed by atoms with Crippen molar-refractivity contribution < 1.29 is 4.79 Å². The minimum atomic E-state index is -0.184. The number of carbonyl (C=O) groups is 1. The van der Waals surface area contributed by atoms with Crippen LogP contribution in [0, 0.1) is 5.92 Å². The molecule has 0 bridgehead atoms. The molecule has 0 saturated carbocycles. The number of nitrogen functional groups attached to an aromatic ring is 1. The van der Waals surface area contributed by atoms with Gasteiger partial charge >= 0.3 is 0 Å². The number of fused-ring (bicyclic) bond motifs is 1. The van der Waals surface area contributed by atoms with Gasteiger partial charge in [0, 0.05) is 11.2 Å². The number of hydrogen-bond acceptors (Lipinski definition) is 4. The summed E-state index contributed by atoms with van der Waals surface area (Å²) in [6.07, 6.45) is 2.47. The molecular formula is C16H21N3OS. The number of piperidine rings is 1. The molecule has 1 aromatic heterocycles. The lowest BCUT2D eigenvalue weighted by Crippen LogP contribution is -2.34. The third-order valence-electron chi connectivity index (χ3n) is 4.29. The number of carbonyl (C=O) groups excluding carboxylic acids is 1. The van der Waals surface area contributed by atoms with Crippen LogP contribution < -0.4 is 11.3 Å². The fourth-order valence-corrected chi connectivity index (χ4v) is 4.07. The maximum atomic E-state index is 12.1. The number of nitrogens with one attached hydrogen (secondary N) is 1. The molecule has 1 aromatic carbocycles. The summed E-state index contributed by atoms with van der Waals surface area (Å²) >= 11 is 1.53. The van der Waals surface area contributed by atoms with Crippen LogP contribution in [0.5, 0.6) is 0 Å². The molecule has 112 valence electrons. The van der Waals surface area contributed by atoms with Crippen molar-refractivity contribution in [2.45, 2.75) is 26.3 Å². The molecule has 2 heterocycles. The van der Waals surface area contributed by atoms with Gasteiger partial charge in [-0.2, -0.15) is 0 Å². The molecule has 1 amide bonds. The Morgan fingerprint density at radius 2 is 2.10 bits per heavy atom. The number of likely N-dealkylation sites (tertiary alicyclic amines) is 1. The fraction of sp³-hybridized carbons (Fsp3) is 0.438. The van der Waals surface area contributed by atoms with Crippen LogP contribution >= 0.6 is 11.3 Å². The summed E-state index contributed by atoms with van der Waals surface area (Å²) < 4.78 is 1.15. The molecule has 3 rings (SSSR count). The van der Waals surface area contributed by atoms with Crippen LogP contribution in [0.1, 0.15) is 35.0 Å². The molecule has 1 aliphatic rings. The summed E-state index contributed by atoms with van der Waals surface area (Å²) in [5.41, 5.74) is 3.40. The molecule has 0 aliphatic carbocycles. The zero-order valence-electron chi connectivity index (χ0n) is 12.3. The van der Waals surface area contributed by atoms with E-state index in [0.717, 1.165) is 40.7 Å². The van der Waals surface area contributed by atoms with Crippen molar-refractivity contribution in [3.8, 4) is 0 Å². The molecule has 4 nitrogen and oxygen atoms in total. The quantitative estimate of drug-likeness (QED) is 0.521. The number of benzene rings is 1. The molecule has 0 spiro atoms. The summed E-state index contributed by atoms with van der Waals surface area (Å²) in [5.74, 6) is 5.97. The van der Waals surface area contributed by atoms with E-state index in [4.69, 9.17) is 5.84 Å². The van der Waals surface area contributed by atoms with Gasteiger partial charge in [-0.25, -0.2) is 5.84 Å². The molecule has 0 radical (unpaired) electrons. The lowest BCUT2D eigenvalue weighted by atomic mass is 9.98. The van der Waals surface area contributed by atoms with E-state index in [1.165, 1.54) is 29.6 Å². The first-order chi connectivity index (χ1) is 10.2. The third-order valence-corrected chi connectivity index (χ3v) is 5.51. The van der Waals surface area contributed by atoms with E-state index in [1.54, 1.807) is 0 Å². The second-order valence-corrected chi connectivity index (χ2v) is 6.89. The van der Waals surface area contributed by atoms with Gasteiger partial charge in [0.05, 0.1) is 4.88 Å². The Bertz CT molecular complexity index is 644. The number of nitrogens with zero attached hydrogens (tertiary/aromatic N) is 1. The molecule has 1 fully saturated rings. The first kappa shape index (κ1) is 14.5. The second kappa shape index (κ2) is 6.13. The number of hydrazine groups is 1. The van der Waals surface area contributed by atoms with Crippen molar-refractivity contribution in [2.24, 2.45) is 11.8 Å². The zero-order chi connectivity index (χ0) is 14.8. The molecule has 1 aliphatic heterocycles. The van der Waals surface area contributed by atoms with Crippen LogP contribution in [-0.2, 0) is 6.54 Å². The summed E-state index contributed by atoms with van der Waals surface area (Å²) in [5, 5.41) is 1.18. The largest absolute Gasteiger partial charge is 0.299 e. The maximum Gasteiger partial charge on any atom is 0.275 e. The number of nitrogens with two attached hydrogens (primary N) is 1. The van der Waals surface area contributed by atoms with Gasteiger partial charge in [0.2, 0.25) is 0 Å². The molecule has 1 saturated heterocycles. The van der Waals surface area contributed by atoms with E-state index < -0.39 is 0 Å². The Labute approximate surface area is 128 Å². The average molecular weight is 303 g/mol. The van der Waals surface area contributed by atoms with Gasteiger partial charge in [0.25, 0.3) is 5.91 Å². The van der Waals surface area contributed by atoms with Gasteiger partial charge in [-0.15, -0.1) is 11.3 Å². The van der Waals surface area contributed by atoms with E-state index in [2.05, 4.69) is 29.4 Å². The van der Waals surface area contributed by atoms with Crippen molar-refractivity contribution in [3.05, 3.63) is 34.7 Å². The van der Waals surface area contributed by atoms with Crippen LogP contribution in [0.3, 0.4) is 0 Å². The minimum absolute atomic E-state index is 0.184.